The molecule has 1 atom stereocenters. The maximum absolute atomic E-state index is 13.0. The molecule has 0 saturated carbocycles. The zero-order chi connectivity index (χ0) is 19.6. The Labute approximate surface area is 167 Å². The molecule has 1 aliphatic heterocycles. The number of nitrogens with zero attached hydrogens (tertiary/aromatic N) is 1. The summed E-state index contributed by atoms with van der Waals surface area (Å²) in [5.41, 5.74) is 2.40. The van der Waals surface area contributed by atoms with Crippen LogP contribution in [0.4, 0.5) is 9.18 Å². The molecule has 2 aromatic carbocycles. The van der Waals surface area contributed by atoms with E-state index >= 15 is 0 Å². The van der Waals surface area contributed by atoms with E-state index in [1.54, 1.807) is 0 Å². The molecule has 0 spiro atoms. The number of amides is 2. The van der Waals surface area contributed by atoms with Crippen molar-refractivity contribution in [3.8, 4) is 0 Å². The van der Waals surface area contributed by atoms with Gasteiger partial charge in [-0.1, -0.05) is 48.9 Å². The van der Waals surface area contributed by atoms with Crippen LogP contribution in [-0.4, -0.2) is 43.2 Å². The summed E-state index contributed by atoms with van der Waals surface area (Å²) < 4.78 is 13.0. The predicted octanol–water partition coefficient (Wildman–Crippen LogP) is 3.76. The van der Waals surface area contributed by atoms with E-state index in [0.717, 1.165) is 51.7 Å². The number of halogens is 1. The van der Waals surface area contributed by atoms with Crippen LogP contribution in [0.1, 0.15) is 30.4 Å². The van der Waals surface area contributed by atoms with Crippen molar-refractivity contribution in [3.05, 3.63) is 71.5 Å². The van der Waals surface area contributed by atoms with Gasteiger partial charge < -0.3 is 15.5 Å². The van der Waals surface area contributed by atoms with Gasteiger partial charge >= 0.3 is 6.03 Å². The maximum Gasteiger partial charge on any atom is 0.317 e. The van der Waals surface area contributed by atoms with Crippen LogP contribution in [0.25, 0.3) is 0 Å². The summed E-state index contributed by atoms with van der Waals surface area (Å²) in [6, 6.07) is 17.2. The van der Waals surface area contributed by atoms with E-state index < -0.39 is 0 Å². The molecule has 1 aliphatic rings. The third-order valence-corrected chi connectivity index (χ3v) is 5.31. The number of hydrogen-bond donors (Lipinski definition) is 2. The van der Waals surface area contributed by atoms with Crippen molar-refractivity contribution >= 4 is 6.03 Å². The van der Waals surface area contributed by atoms with E-state index in [1.807, 2.05) is 35.2 Å². The summed E-state index contributed by atoms with van der Waals surface area (Å²) >= 11 is 0. The van der Waals surface area contributed by atoms with Crippen molar-refractivity contribution in [2.24, 2.45) is 0 Å². The number of carbonyl (C=O) groups excluding carboxylic acids is 1. The lowest BCUT2D eigenvalue weighted by Gasteiger charge is -2.36. The lowest BCUT2D eigenvalue weighted by Crippen LogP contribution is -2.56. The number of rotatable bonds is 8. The average Bonchev–Trinajstić information content (AvgIpc) is 2.73. The molecule has 0 radical (unpaired) electrons. The Kier molecular flexibility index (Phi) is 7.85. The summed E-state index contributed by atoms with van der Waals surface area (Å²) in [4.78, 5) is 14.6. The molecule has 0 aliphatic carbocycles. The first kappa shape index (κ1) is 20.3. The van der Waals surface area contributed by atoms with Crippen molar-refractivity contribution in [2.45, 2.75) is 38.1 Å². The zero-order valence-electron chi connectivity index (χ0n) is 16.4. The number of benzene rings is 2. The van der Waals surface area contributed by atoms with Gasteiger partial charge in [-0.2, -0.15) is 0 Å². The molecule has 1 unspecified atom stereocenters. The van der Waals surface area contributed by atoms with Gasteiger partial charge in [0.1, 0.15) is 5.82 Å². The Morgan fingerprint density at radius 2 is 1.79 bits per heavy atom. The van der Waals surface area contributed by atoms with Crippen LogP contribution in [0.5, 0.6) is 0 Å². The van der Waals surface area contributed by atoms with Gasteiger partial charge in [-0.25, -0.2) is 9.18 Å². The number of urea groups is 1. The van der Waals surface area contributed by atoms with Gasteiger partial charge in [0.2, 0.25) is 0 Å². The van der Waals surface area contributed by atoms with E-state index in [4.69, 9.17) is 0 Å². The van der Waals surface area contributed by atoms with Gasteiger partial charge in [0.25, 0.3) is 0 Å². The molecule has 28 heavy (non-hydrogen) atoms. The largest absolute Gasteiger partial charge is 0.338 e. The first-order chi connectivity index (χ1) is 13.7. The molecule has 1 saturated heterocycles. The van der Waals surface area contributed by atoms with Crippen molar-refractivity contribution in [2.75, 3.05) is 26.2 Å². The topological polar surface area (TPSA) is 44.4 Å². The van der Waals surface area contributed by atoms with Gasteiger partial charge in [-0.15, -0.1) is 0 Å². The van der Waals surface area contributed by atoms with Crippen LogP contribution in [-0.2, 0) is 12.8 Å². The standard InChI is InChI=1S/C23H30FN3O/c24-21-12-10-20(11-13-21)8-4-5-9-22-18-25-16-17-27(22)23(28)26-15-14-19-6-2-1-3-7-19/h1-3,6-7,10-13,22,25H,4-5,8-9,14-18H2,(H,26,28). The molecule has 150 valence electrons. The van der Waals surface area contributed by atoms with Crippen LogP contribution >= 0.6 is 0 Å². The molecule has 4 nitrogen and oxygen atoms in total. The first-order valence-corrected chi connectivity index (χ1v) is 10.3. The number of aryl methyl sites for hydroxylation is 1. The van der Waals surface area contributed by atoms with Gasteiger partial charge in [0, 0.05) is 32.2 Å². The smallest absolute Gasteiger partial charge is 0.317 e. The van der Waals surface area contributed by atoms with Crippen LogP contribution in [0.3, 0.4) is 0 Å². The number of nitrogens with one attached hydrogen (secondary N) is 2. The molecular formula is C23H30FN3O. The third-order valence-electron chi connectivity index (χ3n) is 5.31. The van der Waals surface area contributed by atoms with Gasteiger partial charge in [0.15, 0.2) is 0 Å². The lowest BCUT2D eigenvalue weighted by molar-refractivity contribution is 0.152. The Balaban J connectivity index is 1.39. The summed E-state index contributed by atoms with van der Waals surface area (Å²) in [5, 5.41) is 6.48. The molecule has 3 rings (SSSR count). The first-order valence-electron chi connectivity index (χ1n) is 10.3. The lowest BCUT2D eigenvalue weighted by atomic mass is 10.0. The fraction of sp³-hybridized carbons (Fsp3) is 0.435. The predicted molar refractivity (Wildman–Crippen MR) is 111 cm³/mol. The van der Waals surface area contributed by atoms with Crippen LogP contribution < -0.4 is 10.6 Å². The highest BCUT2D eigenvalue weighted by molar-refractivity contribution is 5.74. The van der Waals surface area contributed by atoms with E-state index in [-0.39, 0.29) is 17.9 Å². The molecule has 2 N–H and O–H groups in total. The summed E-state index contributed by atoms with van der Waals surface area (Å²) in [6.07, 6.45) is 4.88. The Morgan fingerprint density at radius 1 is 1.04 bits per heavy atom. The summed E-state index contributed by atoms with van der Waals surface area (Å²) in [7, 11) is 0. The molecule has 1 fully saturated rings. The number of carbonyl (C=O) groups is 1. The quantitative estimate of drug-likeness (QED) is 0.682. The second kappa shape index (κ2) is 10.8. The molecule has 0 bridgehead atoms. The summed E-state index contributed by atoms with van der Waals surface area (Å²) in [6.45, 7) is 3.10. The minimum absolute atomic E-state index is 0.0426. The van der Waals surface area contributed by atoms with Crippen LogP contribution in [0, 0.1) is 5.82 Å². The molecule has 0 aromatic heterocycles. The Morgan fingerprint density at radius 3 is 2.57 bits per heavy atom. The Bertz CT molecular complexity index is 720. The van der Waals surface area contributed by atoms with Crippen molar-refractivity contribution in [1.29, 1.82) is 0 Å². The fourth-order valence-electron chi connectivity index (χ4n) is 3.71. The van der Waals surface area contributed by atoms with Gasteiger partial charge in [-0.05, 0) is 48.9 Å². The molecular weight excluding hydrogens is 353 g/mol. The van der Waals surface area contributed by atoms with E-state index in [1.165, 1.54) is 23.3 Å². The van der Waals surface area contributed by atoms with Crippen LogP contribution in [0.2, 0.25) is 0 Å². The molecule has 2 amide bonds. The van der Waals surface area contributed by atoms with E-state index in [9.17, 15) is 9.18 Å². The zero-order valence-corrected chi connectivity index (χ0v) is 16.4. The van der Waals surface area contributed by atoms with Crippen molar-refractivity contribution < 1.29 is 9.18 Å². The second-order valence-corrected chi connectivity index (χ2v) is 7.39. The highest BCUT2D eigenvalue weighted by atomic mass is 19.1. The van der Waals surface area contributed by atoms with Crippen molar-refractivity contribution in [3.63, 3.8) is 0 Å². The monoisotopic (exact) mass is 383 g/mol. The number of unbranched alkanes of at least 4 members (excludes halogenated alkanes) is 1. The maximum atomic E-state index is 13.0. The van der Waals surface area contributed by atoms with Gasteiger partial charge in [0.05, 0.1) is 0 Å². The number of hydrogen-bond acceptors (Lipinski definition) is 2. The highest BCUT2D eigenvalue weighted by Gasteiger charge is 2.25. The van der Waals surface area contributed by atoms with E-state index in [0.29, 0.717) is 6.54 Å². The van der Waals surface area contributed by atoms with E-state index in [2.05, 4.69) is 22.8 Å². The second-order valence-electron chi connectivity index (χ2n) is 7.39. The van der Waals surface area contributed by atoms with Gasteiger partial charge in [-0.3, -0.25) is 0 Å². The minimum atomic E-state index is -0.189. The minimum Gasteiger partial charge on any atom is -0.338 e. The number of piperazine rings is 1. The fourth-order valence-corrected chi connectivity index (χ4v) is 3.71. The average molecular weight is 384 g/mol. The summed E-state index contributed by atoms with van der Waals surface area (Å²) in [5.74, 6) is -0.189. The highest BCUT2D eigenvalue weighted by Crippen LogP contribution is 2.14. The van der Waals surface area contributed by atoms with Crippen molar-refractivity contribution in [1.82, 2.24) is 15.5 Å². The van der Waals surface area contributed by atoms with Crippen LogP contribution in [0.15, 0.2) is 54.6 Å². The Hall–Kier alpha value is -2.40. The molecule has 2 aromatic rings. The molecule has 5 heteroatoms. The normalized spacial score (nSPS) is 16.8. The third kappa shape index (κ3) is 6.34. The SMILES string of the molecule is O=C(NCCc1ccccc1)N1CCNCC1CCCCc1ccc(F)cc1. The molecule has 1 heterocycles.